The van der Waals surface area contributed by atoms with E-state index in [0.29, 0.717) is 19.6 Å². The number of rotatable bonds is 1. The van der Waals surface area contributed by atoms with Crippen molar-refractivity contribution in [3.05, 3.63) is 11.6 Å². The van der Waals surface area contributed by atoms with Gasteiger partial charge in [-0.05, 0) is 18.9 Å². The Kier molecular flexibility index (Phi) is 2.28. The molecule has 1 saturated carbocycles. The number of ketones is 1. The Morgan fingerprint density at radius 1 is 1.41 bits per heavy atom. The number of ether oxygens (including phenoxy) is 2. The van der Waals surface area contributed by atoms with Crippen LogP contribution in [-0.2, 0) is 19.1 Å². The van der Waals surface area contributed by atoms with Crippen molar-refractivity contribution in [2.75, 3.05) is 13.2 Å². The maximum atomic E-state index is 11.7. The first kappa shape index (κ1) is 11.1. The topological polar surface area (TPSA) is 52.6 Å². The molecule has 1 saturated heterocycles. The van der Waals surface area contributed by atoms with E-state index in [2.05, 4.69) is 6.92 Å². The largest absolute Gasteiger partial charge is 0.347 e. The first-order valence-corrected chi connectivity index (χ1v) is 6.09. The molecule has 0 radical (unpaired) electrons. The lowest BCUT2D eigenvalue weighted by atomic mass is 9.68. The smallest absolute Gasteiger partial charge is 0.177 e. The van der Waals surface area contributed by atoms with Gasteiger partial charge >= 0.3 is 0 Å². The minimum Gasteiger partial charge on any atom is -0.347 e. The van der Waals surface area contributed by atoms with Gasteiger partial charge in [-0.25, -0.2) is 0 Å². The molecule has 3 rings (SSSR count). The standard InChI is InChI=1S/C13H16O4/c1-12-7-9(8-14)11(15)6-10(12)2-3-13(12)16-4-5-17-13/h6,8-9H,2-5,7H2,1H3/t9?,12-/m0/s1. The highest BCUT2D eigenvalue weighted by atomic mass is 16.7. The van der Waals surface area contributed by atoms with Crippen molar-refractivity contribution in [1.82, 2.24) is 0 Å². The summed E-state index contributed by atoms with van der Waals surface area (Å²) in [6.45, 7) is 3.26. The quantitative estimate of drug-likeness (QED) is 0.508. The van der Waals surface area contributed by atoms with E-state index >= 15 is 0 Å². The van der Waals surface area contributed by atoms with E-state index in [4.69, 9.17) is 9.47 Å². The molecule has 4 nitrogen and oxygen atoms in total. The first-order chi connectivity index (χ1) is 8.11. The number of aldehydes is 1. The van der Waals surface area contributed by atoms with Gasteiger partial charge in [0, 0.05) is 11.8 Å². The number of fused-ring (bicyclic) bond motifs is 2. The van der Waals surface area contributed by atoms with E-state index in [0.717, 1.165) is 24.7 Å². The Morgan fingerprint density at radius 3 is 2.76 bits per heavy atom. The third kappa shape index (κ3) is 1.31. The molecular weight excluding hydrogens is 220 g/mol. The zero-order chi connectivity index (χ0) is 12.1. The molecular formula is C13H16O4. The molecule has 0 aromatic carbocycles. The van der Waals surface area contributed by atoms with Gasteiger partial charge in [0.2, 0.25) is 0 Å². The molecule has 4 heteroatoms. The molecule has 3 aliphatic rings. The van der Waals surface area contributed by atoms with Gasteiger partial charge in [-0.2, -0.15) is 0 Å². The van der Waals surface area contributed by atoms with Crippen LogP contribution in [0.4, 0.5) is 0 Å². The third-order valence-corrected chi connectivity index (χ3v) is 4.50. The SMILES string of the molecule is C[C@]12CC(C=O)C(=O)C=C1CCC21OCCO1. The summed E-state index contributed by atoms with van der Waals surface area (Å²) < 4.78 is 11.6. The normalized spacial score (nSPS) is 39.2. The lowest BCUT2D eigenvalue weighted by Gasteiger charge is -2.42. The second-order valence-electron chi connectivity index (χ2n) is 5.30. The number of hydrogen-bond donors (Lipinski definition) is 0. The van der Waals surface area contributed by atoms with E-state index in [1.54, 1.807) is 6.08 Å². The predicted molar refractivity (Wildman–Crippen MR) is 59.2 cm³/mol. The zero-order valence-electron chi connectivity index (χ0n) is 9.90. The van der Waals surface area contributed by atoms with Crippen LogP contribution in [0, 0.1) is 11.3 Å². The van der Waals surface area contributed by atoms with E-state index < -0.39 is 11.7 Å². The van der Waals surface area contributed by atoms with Crippen LogP contribution in [0.1, 0.15) is 26.2 Å². The van der Waals surface area contributed by atoms with Crippen LogP contribution in [0.3, 0.4) is 0 Å². The molecule has 2 aliphatic carbocycles. The van der Waals surface area contributed by atoms with Crippen LogP contribution in [0.25, 0.3) is 0 Å². The summed E-state index contributed by atoms with van der Waals surface area (Å²) in [5.41, 5.74) is 0.769. The molecule has 1 spiro atoms. The van der Waals surface area contributed by atoms with Gasteiger partial charge in [0.25, 0.3) is 0 Å². The summed E-state index contributed by atoms with van der Waals surface area (Å²) in [5.74, 6) is -1.20. The molecule has 0 aromatic heterocycles. The molecule has 0 N–H and O–H groups in total. The molecule has 1 unspecified atom stereocenters. The van der Waals surface area contributed by atoms with Crippen LogP contribution >= 0.6 is 0 Å². The van der Waals surface area contributed by atoms with Crippen molar-refractivity contribution in [1.29, 1.82) is 0 Å². The third-order valence-electron chi connectivity index (χ3n) is 4.50. The average molecular weight is 236 g/mol. The summed E-state index contributed by atoms with van der Waals surface area (Å²) in [7, 11) is 0. The van der Waals surface area contributed by atoms with Gasteiger partial charge in [-0.1, -0.05) is 12.5 Å². The van der Waals surface area contributed by atoms with Crippen molar-refractivity contribution in [3.8, 4) is 0 Å². The number of hydrogen-bond acceptors (Lipinski definition) is 4. The van der Waals surface area contributed by atoms with Gasteiger partial charge in [-0.15, -0.1) is 0 Å². The van der Waals surface area contributed by atoms with E-state index in [1.165, 1.54) is 0 Å². The number of carbonyl (C=O) groups is 2. The molecule has 17 heavy (non-hydrogen) atoms. The lowest BCUT2D eigenvalue weighted by molar-refractivity contribution is -0.213. The maximum absolute atomic E-state index is 11.7. The summed E-state index contributed by atoms with van der Waals surface area (Å²) >= 11 is 0. The summed E-state index contributed by atoms with van der Waals surface area (Å²) in [4.78, 5) is 22.7. The van der Waals surface area contributed by atoms with Gasteiger partial charge in [-0.3, -0.25) is 4.79 Å². The molecule has 1 aliphatic heterocycles. The molecule has 1 heterocycles. The number of allylic oxidation sites excluding steroid dienone is 1. The Balaban J connectivity index is 2.04. The van der Waals surface area contributed by atoms with Crippen LogP contribution in [0.5, 0.6) is 0 Å². The van der Waals surface area contributed by atoms with E-state index in [1.807, 2.05) is 0 Å². The highest BCUT2D eigenvalue weighted by Crippen LogP contribution is 2.58. The van der Waals surface area contributed by atoms with E-state index in [-0.39, 0.29) is 11.2 Å². The van der Waals surface area contributed by atoms with Crippen molar-refractivity contribution < 1.29 is 19.1 Å². The highest BCUT2D eigenvalue weighted by molar-refractivity contribution is 6.02. The first-order valence-electron chi connectivity index (χ1n) is 6.09. The van der Waals surface area contributed by atoms with Crippen LogP contribution < -0.4 is 0 Å². The fraction of sp³-hybridized carbons (Fsp3) is 0.692. The van der Waals surface area contributed by atoms with Gasteiger partial charge in [0.15, 0.2) is 11.6 Å². The van der Waals surface area contributed by atoms with Crippen LogP contribution in [-0.4, -0.2) is 31.1 Å². The lowest BCUT2D eigenvalue weighted by Crippen LogP contribution is -2.47. The number of carbonyl (C=O) groups excluding carboxylic acids is 2. The van der Waals surface area contributed by atoms with Gasteiger partial charge in [0.1, 0.15) is 6.29 Å². The minimum absolute atomic E-state index is 0.0671. The molecule has 0 aromatic rings. The Hall–Kier alpha value is -1.00. The molecule has 0 amide bonds. The second-order valence-corrected chi connectivity index (χ2v) is 5.30. The Bertz CT molecular complexity index is 406. The monoisotopic (exact) mass is 236 g/mol. The molecule has 2 atom stereocenters. The average Bonchev–Trinajstić information content (AvgIpc) is 2.89. The molecule has 2 fully saturated rings. The summed E-state index contributed by atoms with van der Waals surface area (Å²) in [6, 6.07) is 0. The minimum atomic E-state index is -0.596. The summed E-state index contributed by atoms with van der Waals surface area (Å²) in [6.07, 6.45) is 4.52. The molecule has 0 bridgehead atoms. The van der Waals surface area contributed by atoms with Crippen molar-refractivity contribution in [3.63, 3.8) is 0 Å². The summed E-state index contributed by atoms with van der Waals surface area (Å²) in [5, 5.41) is 0. The van der Waals surface area contributed by atoms with Crippen molar-refractivity contribution in [2.45, 2.75) is 32.0 Å². The van der Waals surface area contributed by atoms with Crippen molar-refractivity contribution in [2.24, 2.45) is 11.3 Å². The predicted octanol–water partition coefficient (Wildman–Crippen LogP) is 1.24. The second kappa shape index (κ2) is 3.50. The van der Waals surface area contributed by atoms with Crippen LogP contribution in [0.15, 0.2) is 11.6 Å². The van der Waals surface area contributed by atoms with Gasteiger partial charge in [0.05, 0.1) is 19.1 Å². The fourth-order valence-electron chi connectivity index (χ4n) is 3.47. The Labute approximate surface area is 100.0 Å². The molecule has 92 valence electrons. The fourth-order valence-corrected chi connectivity index (χ4v) is 3.47. The zero-order valence-corrected chi connectivity index (χ0v) is 9.90. The van der Waals surface area contributed by atoms with Crippen LogP contribution in [0.2, 0.25) is 0 Å². The Morgan fingerprint density at radius 2 is 2.12 bits per heavy atom. The maximum Gasteiger partial charge on any atom is 0.177 e. The van der Waals surface area contributed by atoms with Crippen molar-refractivity contribution >= 4 is 12.1 Å². The highest BCUT2D eigenvalue weighted by Gasteiger charge is 2.61. The van der Waals surface area contributed by atoms with E-state index in [9.17, 15) is 9.59 Å². The van der Waals surface area contributed by atoms with Gasteiger partial charge < -0.3 is 14.3 Å².